The number of unbranched alkanes of at least 4 members (excludes halogenated alkanes) is 19. The number of carbonyl (C=O) groups is 1. The molecule has 0 aromatic carbocycles. The number of aliphatic hydroxyl groups excluding tert-OH is 1. The number of hydrogen-bond donors (Lipinski definition) is 1. The van der Waals surface area contributed by atoms with Crippen LogP contribution in [0.5, 0.6) is 0 Å². The van der Waals surface area contributed by atoms with E-state index in [1.165, 1.54) is 122 Å². The van der Waals surface area contributed by atoms with E-state index in [-0.39, 0.29) is 19.2 Å². The third-order valence-corrected chi connectivity index (χ3v) is 7.69. The van der Waals surface area contributed by atoms with Crippen LogP contribution in [0.3, 0.4) is 0 Å². The Morgan fingerprint density at radius 3 is 1.57 bits per heavy atom. The first kappa shape index (κ1) is 40.6. The highest BCUT2D eigenvalue weighted by atomic mass is 16.6. The minimum absolute atomic E-state index is 0.179. The van der Waals surface area contributed by atoms with Crippen LogP contribution in [-0.2, 0) is 14.3 Å². The summed E-state index contributed by atoms with van der Waals surface area (Å²) in [6.45, 7) is 5.27. The Balaban J connectivity index is 3.48. The Labute approximate surface area is 261 Å². The quantitative estimate of drug-likeness (QED) is 0.0469. The second kappa shape index (κ2) is 35.8. The zero-order valence-corrected chi connectivity index (χ0v) is 28.0. The summed E-state index contributed by atoms with van der Waals surface area (Å²) in [5.74, 6) is -0.214. The zero-order chi connectivity index (χ0) is 30.6. The Morgan fingerprint density at radius 2 is 1.02 bits per heavy atom. The summed E-state index contributed by atoms with van der Waals surface area (Å²) in [5, 5.41) is 9.54. The lowest BCUT2D eigenvalue weighted by Crippen LogP contribution is -2.27. The van der Waals surface area contributed by atoms with E-state index < -0.39 is 6.10 Å². The van der Waals surface area contributed by atoms with Crippen LogP contribution < -0.4 is 0 Å². The molecule has 0 amide bonds. The Hall–Kier alpha value is -1.39. The maximum absolute atomic E-state index is 12.1. The number of allylic oxidation sites excluding steroid dienone is 6. The Kier molecular flexibility index (Phi) is 34.6. The summed E-state index contributed by atoms with van der Waals surface area (Å²) < 4.78 is 11.1. The third kappa shape index (κ3) is 33.1. The van der Waals surface area contributed by atoms with Gasteiger partial charge < -0.3 is 14.6 Å². The van der Waals surface area contributed by atoms with Gasteiger partial charge in [0, 0.05) is 13.0 Å². The van der Waals surface area contributed by atoms with Crippen molar-refractivity contribution >= 4 is 5.97 Å². The van der Waals surface area contributed by atoms with Crippen molar-refractivity contribution in [2.45, 2.75) is 180 Å². The van der Waals surface area contributed by atoms with Gasteiger partial charge in [0.1, 0.15) is 6.10 Å². The van der Waals surface area contributed by atoms with Crippen molar-refractivity contribution in [2.75, 3.05) is 19.8 Å². The molecular formula is C38H70O4. The normalized spacial score (nSPS) is 12.7. The fraction of sp³-hybridized carbons (Fsp3) is 0.816. The van der Waals surface area contributed by atoms with Crippen LogP contribution >= 0.6 is 0 Å². The van der Waals surface area contributed by atoms with Gasteiger partial charge in [-0.15, -0.1) is 0 Å². The lowest BCUT2D eigenvalue weighted by Gasteiger charge is -2.15. The molecule has 0 heterocycles. The van der Waals surface area contributed by atoms with Gasteiger partial charge in [0.05, 0.1) is 13.2 Å². The summed E-state index contributed by atoms with van der Waals surface area (Å²) in [4.78, 5) is 12.1. The highest BCUT2D eigenvalue weighted by Crippen LogP contribution is 2.11. The predicted octanol–water partition coefficient (Wildman–Crippen LogP) is 11.4. The van der Waals surface area contributed by atoms with Crippen molar-refractivity contribution < 1.29 is 19.4 Å². The number of aliphatic hydroxyl groups is 1. The minimum Gasteiger partial charge on any atom is -0.457 e. The average molecular weight is 591 g/mol. The first-order chi connectivity index (χ1) is 20.7. The van der Waals surface area contributed by atoms with Crippen LogP contribution in [0.1, 0.15) is 174 Å². The molecule has 0 saturated carbocycles. The van der Waals surface area contributed by atoms with Gasteiger partial charge in [0.2, 0.25) is 0 Å². The largest absolute Gasteiger partial charge is 0.457 e. The molecule has 0 bridgehead atoms. The third-order valence-electron chi connectivity index (χ3n) is 7.69. The lowest BCUT2D eigenvalue weighted by molar-refractivity contribution is -0.154. The van der Waals surface area contributed by atoms with Crippen LogP contribution in [0.15, 0.2) is 36.5 Å². The first-order valence-corrected chi connectivity index (χ1v) is 18.1. The summed E-state index contributed by atoms with van der Waals surface area (Å²) in [5.41, 5.74) is 0. The van der Waals surface area contributed by atoms with E-state index in [4.69, 9.17) is 9.47 Å². The van der Waals surface area contributed by atoms with Crippen molar-refractivity contribution in [1.82, 2.24) is 0 Å². The summed E-state index contributed by atoms with van der Waals surface area (Å²) >= 11 is 0. The van der Waals surface area contributed by atoms with Crippen molar-refractivity contribution in [3.8, 4) is 0 Å². The van der Waals surface area contributed by atoms with Gasteiger partial charge >= 0.3 is 5.97 Å². The standard InChI is InChI=1S/C38H70O4/c1-3-5-7-9-11-13-15-17-19-21-23-25-27-29-31-33-38(40)42-37(35-39)36-41-34-32-30-28-26-24-22-20-18-16-14-12-10-8-6-4-2/h10,12,16-19,37,39H,3-9,11,13-15,20-36H2,1-2H3/b12-10-,18-16-,19-17-. The van der Waals surface area contributed by atoms with Crippen molar-refractivity contribution in [1.29, 1.82) is 0 Å². The molecule has 1 unspecified atom stereocenters. The summed E-state index contributed by atoms with van der Waals surface area (Å²) in [7, 11) is 0. The average Bonchev–Trinajstić information content (AvgIpc) is 3.00. The maximum Gasteiger partial charge on any atom is 0.306 e. The number of carbonyl (C=O) groups excluding carboxylic acids is 1. The van der Waals surface area contributed by atoms with E-state index in [9.17, 15) is 9.90 Å². The SMILES string of the molecule is CCCC/C=C\C/C=C\CCCCCCCCOCC(CO)OC(=O)CCCCCCC/C=C\CCCCCCCC. The first-order valence-electron chi connectivity index (χ1n) is 18.1. The van der Waals surface area contributed by atoms with E-state index in [0.717, 1.165) is 32.1 Å². The zero-order valence-electron chi connectivity index (χ0n) is 28.0. The van der Waals surface area contributed by atoms with E-state index in [1.54, 1.807) is 0 Å². The molecule has 42 heavy (non-hydrogen) atoms. The molecule has 0 radical (unpaired) electrons. The van der Waals surface area contributed by atoms with Gasteiger partial charge in [-0.05, 0) is 64.2 Å². The number of esters is 1. The topological polar surface area (TPSA) is 55.8 Å². The van der Waals surface area contributed by atoms with Crippen molar-refractivity contribution in [3.63, 3.8) is 0 Å². The molecule has 1 N–H and O–H groups in total. The van der Waals surface area contributed by atoms with E-state index in [0.29, 0.717) is 13.0 Å². The molecule has 0 aliphatic rings. The summed E-state index contributed by atoms with van der Waals surface area (Å²) in [6, 6.07) is 0. The number of rotatable bonds is 33. The molecule has 1 atom stereocenters. The molecule has 0 aliphatic heterocycles. The number of ether oxygens (including phenoxy) is 2. The molecular weight excluding hydrogens is 520 g/mol. The smallest absolute Gasteiger partial charge is 0.306 e. The molecule has 0 aliphatic carbocycles. The van der Waals surface area contributed by atoms with Crippen LogP contribution in [0, 0.1) is 0 Å². The van der Waals surface area contributed by atoms with E-state index in [2.05, 4.69) is 50.3 Å². The van der Waals surface area contributed by atoms with Crippen molar-refractivity contribution in [3.05, 3.63) is 36.5 Å². The molecule has 0 fully saturated rings. The van der Waals surface area contributed by atoms with Gasteiger partial charge in [-0.2, -0.15) is 0 Å². The highest BCUT2D eigenvalue weighted by molar-refractivity contribution is 5.69. The number of hydrogen-bond acceptors (Lipinski definition) is 4. The van der Waals surface area contributed by atoms with E-state index in [1.807, 2.05) is 0 Å². The van der Waals surface area contributed by atoms with Crippen LogP contribution in [0.4, 0.5) is 0 Å². The molecule has 0 spiro atoms. The Bertz CT molecular complexity index is 625. The van der Waals surface area contributed by atoms with Gasteiger partial charge in [0.15, 0.2) is 0 Å². The van der Waals surface area contributed by atoms with Crippen LogP contribution in [0.2, 0.25) is 0 Å². The molecule has 0 aromatic rings. The van der Waals surface area contributed by atoms with Gasteiger partial charge in [-0.1, -0.05) is 140 Å². The monoisotopic (exact) mass is 591 g/mol. The van der Waals surface area contributed by atoms with Gasteiger partial charge in [-0.25, -0.2) is 0 Å². The molecule has 0 rings (SSSR count). The maximum atomic E-state index is 12.1. The minimum atomic E-state index is -0.541. The van der Waals surface area contributed by atoms with Gasteiger partial charge in [-0.3, -0.25) is 4.79 Å². The molecule has 4 heteroatoms. The highest BCUT2D eigenvalue weighted by Gasteiger charge is 2.13. The van der Waals surface area contributed by atoms with Crippen LogP contribution in [0.25, 0.3) is 0 Å². The molecule has 0 saturated heterocycles. The molecule has 4 nitrogen and oxygen atoms in total. The fourth-order valence-corrected chi connectivity index (χ4v) is 4.93. The summed E-state index contributed by atoms with van der Waals surface area (Å²) in [6.07, 6.45) is 43.2. The fourth-order valence-electron chi connectivity index (χ4n) is 4.93. The van der Waals surface area contributed by atoms with Crippen LogP contribution in [-0.4, -0.2) is 37.0 Å². The Morgan fingerprint density at radius 1 is 0.571 bits per heavy atom. The van der Waals surface area contributed by atoms with E-state index >= 15 is 0 Å². The lowest BCUT2D eigenvalue weighted by atomic mass is 10.1. The second-order valence-corrected chi connectivity index (χ2v) is 11.9. The predicted molar refractivity (Wildman–Crippen MR) is 182 cm³/mol. The van der Waals surface area contributed by atoms with Crippen molar-refractivity contribution in [2.24, 2.45) is 0 Å². The molecule has 0 aromatic heterocycles. The second-order valence-electron chi connectivity index (χ2n) is 11.9. The molecule has 246 valence electrons. The van der Waals surface area contributed by atoms with Gasteiger partial charge in [0.25, 0.3) is 0 Å².